The molecule has 0 spiro atoms. The highest BCUT2D eigenvalue weighted by Gasteiger charge is 2.18. The van der Waals surface area contributed by atoms with Crippen molar-refractivity contribution in [2.45, 2.75) is 4.90 Å². The first-order chi connectivity index (χ1) is 8.97. The zero-order valence-corrected chi connectivity index (χ0v) is 11.8. The van der Waals surface area contributed by atoms with E-state index in [4.69, 9.17) is 0 Å². The van der Waals surface area contributed by atoms with Crippen LogP contribution in [-0.4, -0.2) is 29.1 Å². The van der Waals surface area contributed by atoms with Crippen molar-refractivity contribution in [2.24, 2.45) is 0 Å². The summed E-state index contributed by atoms with van der Waals surface area (Å²) in [4.78, 5) is 2.19. The third-order valence-electron chi connectivity index (χ3n) is 2.88. The number of nitrogens with zero attached hydrogens (tertiary/aromatic N) is 2. The van der Waals surface area contributed by atoms with Crippen molar-refractivity contribution in [3.05, 3.63) is 43.3 Å². The molecule has 0 N–H and O–H groups in total. The topological polar surface area (TPSA) is 51.5 Å². The normalized spacial score (nSPS) is 11.7. The molecular weight excluding hydrogens is 260 g/mol. The molecule has 2 radical (unpaired) electrons. The summed E-state index contributed by atoms with van der Waals surface area (Å²) in [6.45, 7) is 3.47. The van der Waals surface area contributed by atoms with Gasteiger partial charge in [0.05, 0.1) is 4.90 Å². The molecule has 0 heterocycles. The monoisotopic (exact) mass is 276 g/mol. The Bertz CT molecular complexity index is 694. The van der Waals surface area contributed by atoms with Gasteiger partial charge in [-0.3, -0.25) is 0 Å². The molecule has 5 heteroatoms. The lowest BCUT2D eigenvalue weighted by Gasteiger charge is -2.16. The molecule has 0 aliphatic carbocycles. The Balaban J connectivity index is 2.75. The van der Waals surface area contributed by atoms with Crippen LogP contribution >= 0.6 is 0 Å². The van der Waals surface area contributed by atoms with Crippen LogP contribution in [0.5, 0.6) is 0 Å². The number of rotatable bonds is 4. The lowest BCUT2D eigenvalue weighted by atomic mass is 10.1. The third-order valence-corrected chi connectivity index (χ3v) is 4.31. The predicted molar refractivity (Wildman–Crippen MR) is 77.8 cm³/mol. The van der Waals surface area contributed by atoms with Crippen LogP contribution in [0.4, 0.5) is 5.69 Å². The fraction of sp³-hybridized carbons (Fsp3) is 0.214. The van der Waals surface area contributed by atoms with Crippen LogP contribution in [0.1, 0.15) is 0 Å². The standard InChI is InChI=1S/C14H16N2O2S/c1-4-15-19(17,18)14-10-6-7-11-12(14)8-5-9-13(11)16(2)3/h5-10H,1,4H2,2-3H3. The molecule has 2 aromatic rings. The molecule has 0 amide bonds. The van der Waals surface area contributed by atoms with E-state index in [2.05, 4.69) is 11.6 Å². The maximum absolute atomic E-state index is 12.1. The Kier molecular flexibility index (Phi) is 3.78. The SMILES string of the molecule is [CH2]C[N]S(=O)(=O)c1cccc2c(N(C)C)cccc12. The van der Waals surface area contributed by atoms with E-state index in [1.807, 2.05) is 37.2 Å². The van der Waals surface area contributed by atoms with Crippen LogP contribution in [0.25, 0.3) is 10.8 Å². The summed E-state index contributed by atoms with van der Waals surface area (Å²) in [5.41, 5.74) is 0.976. The molecule has 0 aliphatic heterocycles. The van der Waals surface area contributed by atoms with Crippen molar-refractivity contribution >= 4 is 26.5 Å². The van der Waals surface area contributed by atoms with Gasteiger partial charge in [-0.2, -0.15) is 0 Å². The lowest BCUT2D eigenvalue weighted by molar-refractivity contribution is 0.585. The highest BCUT2D eigenvalue weighted by molar-refractivity contribution is 7.89. The van der Waals surface area contributed by atoms with Gasteiger partial charge in [0.2, 0.25) is 0 Å². The second-order valence-corrected chi connectivity index (χ2v) is 6.00. The minimum absolute atomic E-state index is 0.00604. The molecule has 4 nitrogen and oxygen atoms in total. The summed E-state index contributed by atoms with van der Waals surface area (Å²) >= 11 is 0. The van der Waals surface area contributed by atoms with Gasteiger partial charge in [0.1, 0.15) is 0 Å². The van der Waals surface area contributed by atoms with Gasteiger partial charge in [-0.15, -0.1) is 4.72 Å². The zero-order valence-electron chi connectivity index (χ0n) is 11.0. The highest BCUT2D eigenvalue weighted by atomic mass is 32.2. The maximum atomic E-state index is 12.1. The lowest BCUT2D eigenvalue weighted by Crippen LogP contribution is -2.16. The Hall–Kier alpha value is -1.59. The molecule has 0 aliphatic rings. The van der Waals surface area contributed by atoms with E-state index >= 15 is 0 Å². The van der Waals surface area contributed by atoms with Gasteiger partial charge in [0, 0.05) is 37.1 Å². The Labute approximate surface area is 114 Å². The fourth-order valence-electron chi connectivity index (χ4n) is 2.07. The smallest absolute Gasteiger partial charge is 0.257 e. The summed E-state index contributed by atoms with van der Waals surface area (Å²) in [5, 5.41) is 1.58. The van der Waals surface area contributed by atoms with E-state index in [9.17, 15) is 8.42 Å². The van der Waals surface area contributed by atoms with E-state index in [1.54, 1.807) is 18.2 Å². The van der Waals surface area contributed by atoms with E-state index in [1.165, 1.54) is 0 Å². The maximum Gasteiger partial charge on any atom is 0.257 e. The first-order valence-electron chi connectivity index (χ1n) is 5.89. The number of anilines is 1. The van der Waals surface area contributed by atoms with E-state index in [0.29, 0.717) is 5.39 Å². The van der Waals surface area contributed by atoms with Crippen molar-refractivity contribution in [1.82, 2.24) is 4.72 Å². The number of hydrogen-bond donors (Lipinski definition) is 0. The van der Waals surface area contributed by atoms with Gasteiger partial charge in [-0.1, -0.05) is 24.3 Å². The minimum Gasteiger partial charge on any atom is -0.377 e. The van der Waals surface area contributed by atoms with E-state index < -0.39 is 10.0 Å². The molecule has 0 saturated carbocycles. The van der Waals surface area contributed by atoms with Crippen LogP contribution < -0.4 is 9.62 Å². The Morgan fingerprint density at radius 1 is 1.11 bits per heavy atom. The van der Waals surface area contributed by atoms with Gasteiger partial charge in [-0.05, 0) is 19.1 Å². The van der Waals surface area contributed by atoms with E-state index in [-0.39, 0.29) is 11.4 Å². The van der Waals surface area contributed by atoms with Crippen LogP contribution in [0, 0.1) is 6.92 Å². The largest absolute Gasteiger partial charge is 0.377 e. The Morgan fingerprint density at radius 2 is 1.74 bits per heavy atom. The highest BCUT2D eigenvalue weighted by Crippen LogP contribution is 2.30. The van der Waals surface area contributed by atoms with Crippen LogP contribution in [0.3, 0.4) is 0 Å². The second-order valence-electron chi connectivity index (χ2n) is 4.35. The summed E-state index contributed by atoms with van der Waals surface area (Å²) < 4.78 is 27.8. The first-order valence-corrected chi connectivity index (χ1v) is 7.33. The molecule has 0 fully saturated rings. The van der Waals surface area contributed by atoms with Gasteiger partial charge < -0.3 is 4.90 Å². The van der Waals surface area contributed by atoms with Crippen LogP contribution in [0.15, 0.2) is 41.3 Å². The number of benzene rings is 2. The molecule has 19 heavy (non-hydrogen) atoms. The van der Waals surface area contributed by atoms with Crippen LogP contribution in [-0.2, 0) is 10.0 Å². The fourth-order valence-corrected chi connectivity index (χ4v) is 3.16. The summed E-state index contributed by atoms with van der Waals surface area (Å²) in [7, 11) is 0.218. The number of sulfonamides is 1. The molecule has 0 aromatic heterocycles. The van der Waals surface area contributed by atoms with Gasteiger partial charge in [-0.25, -0.2) is 8.42 Å². The van der Waals surface area contributed by atoms with Crippen LogP contribution in [0.2, 0.25) is 0 Å². The molecule has 2 aromatic carbocycles. The molecule has 0 atom stereocenters. The third kappa shape index (κ3) is 2.57. The second kappa shape index (κ2) is 5.19. The summed E-state index contributed by atoms with van der Waals surface area (Å²) in [5.74, 6) is 0. The predicted octanol–water partition coefficient (Wildman–Crippen LogP) is 2.03. The van der Waals surface area contributed by atoms with Crippen molar-refractivity contribution in [2.75, 3.05) is 25.5 Å². The molecule has 0 saturated heterocycles. The Morgan fingerprint density at radius 3 is 2.37 bits per heavy atom. The molecule has 100 valence electrons. The summed E-state index contributed by atoms with van der Waals surface area (Å²) in [6, 6.07) is 10.8. The molecule has 0 bridgehead atoms. The average Bonchev–Trinajstić information content (AvgIpc) is 2.37. The van der Waals surface area contributed by atoms with Gasteiger partial charge in [0.15, 0.2) is 0 Å². The van der Waals surface area contributed by atoms with Crippen molar-refractivity contribution in [3.8, 4) is 0 Å². The molecule has 2 rings (SSSR count). The minimum atomic E-state index is -3.64. The van der Waals surface area contributed by atoms with E-state index in [0.717, 1.165) is 11.1 Å². The molecule has 0 unspecified atom stereocenters. The molecular formula is C14H16N2O2S. The van der Waals surface area contributed by atoms with Gasteiger partial charge >= 0.3 is 0 Å². The quantitative estimate of drug-likeness (QED) is 0.858. The zero-order chi connectivity index (χ0) is 14.0. The number of fused-ring (bicyclic) bond motifs is 1. The van der Waals surface area contributed by atoms with Crippen molar-refractivity contribution in [3.63, 3.8) is 0 Å². The summed E-state index contributed by atoms with van der Waals surface area (Å²) in [6.07, 6.45) is 0. The van der Waals surface area contributed by atoms with Crippen molar-refractivity contribution < 1.29 is 8.42 Å². The first kappa shape index (κ1) is 13.8. The van der Waals surface area contributed by atoms with Gasteiger partial charge in [0.25, 0.3) is 10.0 Å². The van der Waals surface area contributed by atoms with Crippen molar-refractivity contribution in [1.29, 1.82) is 0 Å². The average molecular weight is 276 g/mol. The number of hydrogen-bond acceptors (Lipinski definition) is 3.